The van der Waals surface area contributed by atoms with Crippen LogP contribution < -0.4 is 0 Å². The van der Waals surface area contributed by atoms with Crippen LogP contribution in [-0.4, -0.2) is 16.2 Å². The highest BCUT2D eigenvalue weighted by atomic mass is 35.5. The van der Waals surface area contributed by atoms with Crippen LogP contribution in [0, 0.1) is 0 Å². The summed E-state index contributed by atoms with van der Waals surface area (Å²) in [6, 6.07) is 0. The van der Waals surface area contributed by atoms with Gasteiger partial charge in [0.25, 0.3) is 0 Å². The lowest BCUT2D eigenvalue weighted by Gasteiger charge is -2.03. The zero-order valence-corrected chi connectivity index (χ0v) is 7.97. The molecule has 0 aromatic rings. The van der Waals surface area contributed by atoms with E-state index < -0.39 is 0 Å². The van der Waals surface area contributed by atoms with E-state index in [1.165, 1.54) is 12.8 Å². The highest BCUT2D eigenvalue weighted by molar-refractivity contribution is 8.00. The van der Waals surface area contributed by atoms with E-state index in [-0.39, 0.29) is 10.5 Å². The SMILES string of the molecule is CCCCSC(C)C(=O)Cl. The summed E-state index contributed by atoms with van der Waals surface area (Å²) in [5.41, 5.74) is 0. The summed E-state index contributed by atoms with van der Waals surface area (Å²) in [6.45, 7) is 3.98. The fourth-order valence-corrected chi connectivity index (χ4v) is 1.60. The Morgan fingerprint density at radius 2 is 2.30 bits per heavy atom. The summed E-state index contributed by atoms with van der Waals surface area (Å²) in [5, 5.41) is -0.269. The fourth-order valence-electron chi connectivity index (χ4n) is 0.470. The van der Waals surface area contributed by atoms with Crippen LogP contribution in [0.2, 0.25) is 0 Å². The Labute approximate surface area is 71.5 Å². The van der Waals surface area contributed by atoms with Crippen molar-refractivity contribution >= 4 is 28.6 Å². The quantitative estimate of drug-likeness (QED) is 0.478. The molecule has 60 valence electrons. The van der Waals surface area contributed by atoms with Crippen molar-refractivity contribution < 1.29 is 4.79 Å². The summed E-state index contributed by atoms with van der Waals surface area (Å²) >= 11 is 6.88. The van der Waals surface area contributed by atoms with Gasteiger partial charge in [-0.15, -0.1) is 11.8 Å². The minimum absolute atomic E-state index is 0.0341. The van der Waals surface area contributed by atoms with Gasteiger partial charge < -0.3 is 0 Å². The number of carbonyl (C=O) groups excluding carboxylic acids is 1. The molecule has 1 nitrogen and oxygen atoms in total. The first kappa shape index (κ1) is 10.3. The zero-order chi connectivity index (χ0) is 7.98. The number of rotatable bonds is 5. The Morgan fingerprint density at radius 3 is 2.70 bits per heavy atom. The average Bonchev–Trinajstić information content (AvgIpc) is 1.88. The maximum atomic E-state index is 10.5. The first-order valence-electron chi connectivity index (χ1n) is 3.49. The van der Waals surface area contributed by atoms with Crippen molar-refractivity contribution in [2.45, 2.75) is 31.9 Å². The molecular weight excluding hydrogens is 168 g/mol. The molecular formula is C7H13ClOS. The molecule has 0 radical (unpaired) electrons. The lowest BCUT2D eigenvalue weighted by atomic mass is 10.4. The van der Waals surface area contributed by atoms with Crippen LogP contribution in [0.4, 0.5) is 0 Å². The molecule has 0 spiro atoms. The van der Waals surface area contributed by atoms with Crippen LogP contribution >= 0.6 is 23.4 Å². The van der Waals surface area contributed by atoms with Crippen LogP contribution in [0.25, 0.3) is 0 Å². The molecule has 0 aromatic heterocycles. The monoisotopic (exact) mass is 180 g/mol. The maximum Gasteiger partial charge on any atom is 0.234 e. The standard InChI is InChI=1S/C7H13ClOS/c1-3-4-5-10-6(2)7(8)9/h6H,3-5H2,1-2H3. The molecule has 0 rings (SSSR count). The molecule has 0 N–H and O–H groups in total. The van der Waals surface area contributed by atoms with E-state index in [1.807, 2.05) is 6.92 Å². The Morgan fingerprint density at radius 1 is 1.70 bits per heavy atom. The van der Waals surface area contributed by atoms with Crippen molar-refractivity contribution in [3.05, 3.63) is 0 Å². The molecule has 1 atom stereocenters. The van der Waals surface area contributed by atoms with Gasteiger partial charge in [-0.05, 0) is 30.7 Å². The average molecular weight is 181 g/mol. The molecule has 0 aliphatic carbocycles. The molecule has 0 amide bonds. The van der Waals surface area contributed by atoms with Gasteiger partial charge in [0.05, 0.1) is 5.25 Å². The second-order valence-corrected chi connectivity index (χ2v) is 3.99. The Kier molecular flexibility index (Phi) is 6.24. The third-order valence-corrected chi connectivity index (χ3v) is 2.88. The van der Waals surface area contributed by atoms with Crippen molar-refractivity contribution in [1.82, 2.24) is 0 Å². The van der Waals surface area contributed by atoms with Crippen LogP contribution in [0.3, 0.4) is 0 Å². The predicted molar refractivity (Wildman–Crippen MR) is 47.7 cm³/mol. The number of thioether (sulfide) groups is 1. The van der Waals surface area contributed by atoms with Crippen LogP contribution in [0.15, 0.2) is 0 Å². The molecule has 3 heteroatoms. The molecule has 0 aromatic carbocycles. The summed E-state index contributed by atoms with van der Waals surface area (Å²) < 4.78 is 0. The van der Waals surface area contributed by atoms with Gasteiger partial charge in [-0.1, -0.05) is 13.3 Å². The molecule has 1 unspecified atom stereocenters. The van der Waals surface area contributed by atoms with Crippen molar-refractivity contribution in [3.63, 3.8) is 0 Å². The highest BCUT2D eigenvalue weighted by Crippen LogP contribution is 2.14. The molecule has 0 saturated heterocycles. The molecule has 0 fully saturated rings. The van der Waals surface area contributed by atoms with Gasteiger partial charge >= 0.3 is 0 Å². The van der Waals surface area contributed by atoms with E-state index in [2.05, 4.69) is 6.92 Å². The van der Waals surface area contributed by atoms with Crippen molar-refractivity contribution in [2.24, 2.45) is 0 Å². The summed E-state index contributed by atoms with van der Waals surface area (Å²) in [4.78, 5) is 10.5. The number of carbonyl (C=O) groups is 1. The van der Waals surface area contributed by atoms with Crippen LogP contribution in [-0.2, 0) is 4.79 Å². The summed E-state index contributed by atoms with van der Waals surface area (Å²) in [7, 11) is 0. The van der Waals surface area contributed by atoms with Gasteiger partial charge in [-0.2, -0.15) is 0 Å². The van der Waals surface area contributed by atoms with Gasteiger partial charge in [0, 0.05) is 0 Å². The largest absolute Gasteiger partial charge is 0.280 e. The molecule has 10 heavy (non-hydrogen) atoms. The smallest absolute Gasteiger partial charge is 0.234 e. The molecule has 0 aliphatic heterocycles. The third kappa shape index (κ3) is 5.12. The normalized spacial score (nSPS) is 13.1. The first-order valence-corrected chi connectivity index (χ1v) is 4.92. The van der Waals surface area contributed by atoms with E-state index in [1.54, 1.807) is 11.8 Å². The van der Waals surface area contributed by atoms with Crippen molar-refractivity contribution in [1.29, 1.82) is 0 Å². The molecule has 0 heterocycles. The number of hydrogen-bond donors (Lipinski definition) is 0. The lowest BCUT2D eigenvalue weighted by Crippen LogP contribution is -2.05. The van der Waals surface area contributed by atoms with Crippen molar-refractivity contribution in [2.75, 3.05) is 5.75 Å². The number of halogens is 1. The number of hydrogen-bond acceptors (Lipinski definition) is 2. The van der Waals surface area contributed by atoms with Gasteiger partial charge in [0.15, 0.2) is 0 Å². The van der Waals surface area contributed by atoms with E-state index in [0.717, 1.165) is 5.75 Å². The zero-order valence-electron chi connectivity index (χ0n) is 6.39. The second-order valence-electron chi connectivity index (χ2n) is 2.17. The van der Waals surface area contributed by atoms with Gasteiger partial charge in [0.1, 0.15) is 0 Å². The van der Waals surface area contributed by atoms with E-state index in [9.17, 15) is 4.79 Å². The second kappa shape index (κ2) is 6.05. The highest BCUT2D eigenvalue weighted by Gasteiger charge is 2.08. The Balaban J connectivity index is 3.21. The summed E-state index contributed by atoms with van der Waals surface area (Å²) in [5.74, 6) is 1.04. The minimum atomic E-state index is -0.235. The topological polar surface area (TPSA) is 17.1 Å². The minimum Gasteiger partial charge on any atom is -0.280 e. The molecule has 0 bridgehead atoms. The Bertz CT molecular complexity index is 106. The van der Waals surface area contributed by atoms with E-state index >= 15 is 0 Å². The van der Waals surface area contributed by atoms with E-state index in [0.29, 0.717) is 0 Å². The van der Waals surface area contributed by atoms with Crippen molar-refractivity contribution in [3.8, 4) is 0 Å². The van der Waals surface area contributed by atoms with Gasteiger partial charge in [-0.25, -0.2) is 0 Å². The molecule has 0 saturated carbocycles. The molecule has 0 aliphatic rings. The first-order chi connectivity index (χ1) is 4.68. The van der Waals surface area contributed by atoms with Gasteiger partial charge in [0.2, 0.25) is 5.24 Å². The predicted octanol–water partition coefficient (Wildman–Crippen LogP) is 2.67. The van der Waals surface area contributed by atoms with Crippen LogP contribution in [0.5, 0.6) is 0 Å². The third-order valence-electron chi connectivity index (χ3n) is 1.19. The maximum absolute atomic E-state index is 10.5. The fraction of sp³-hybridized carbons (Fsp3) is 0.857. The van der Waals surface area contributed by atoms with Gasteiger partial charge in [-0.3, -0.25) is 4.79 Å². The summed E-state index contributed by atoms with van der Waals surface area (Å²) in [6.07, 6.45) is 2.34. The number of unbranched alkanes of at least 4 members (excludes halogenated alkanes) is 1. The lowest BCUT2D eigenvalue weighted by molar-refractivity contribution is -0.111. The Hall–Kier alpha value is 0.310. The van der Waals surface area contributed by atoms with Crippen LogP contribution in [0.1, 0.15) is 26.7 Å². The van der Waals surface area contributed by atoms with E-state index in [4.69, 9.17) is 11.6 Å².